The van der Waals surface area contributed by atoms with Crippen LogP contribution in [-0.4, -0.2) is 41.7 Å². The number of carbonyl (C=O) groups excluding carboxylic acids is 1. The first-order valence-corrected chi connectivity index (χ1v) is 9.91. The van der Waals surface area contributed by atoms with Gasteiger partial charge in [0, 0.05) is 20.3 Å². The standard InChI is InChI=1S/C19H24N2O5S/c1-14-13-15(9-10-18(14)26-3)27(23,24)21-17-8-5-4-7-16(17)19(22)20-11-6-12-25-2/h4-5,7-10,13,21H,6,11-12H2,1-3H3,(H,20,22). The van der Waals surface area contributed by atoms with Gasteiger partial charge in [0.25, 0.3) is 15.9 Å². The van der Waals surface area contributed by atoms with Crippen molar-refractivity contribution < 1.29 is 22.7 Å². The number of sulfonamides is 1. The first-order valence-electron chi connectivity index (χ1n) is 8.42. The molecular formula is C19H24N2O5S. The summed E-state index contributed by atoms with van der Waals surface area (Å²) in [7, 11) is -0.737. The van der Waals surface area contributed by atoms with Crippen LogP contribution in [0.1, 0.15) is 22.3 Å². The van der Waals surface area contributed by atoms with E-state index in [-0.39, 0.29) is 22.1 Å². The number of carbonyl (C=O) groups is 1. The number of aryl methyl sites for hydroxylation is 1. The maximum absolute atomic E-state index is 12.7. The lowest BCUT2D eigenvalue weighted by Crippen LogP contribution is -2.26. The van der Waals surface area contributed by atoms with E-state index in [0.717, 1.165) is 0 Å². The summed E-state index contributed by atoms with van der Waals surface area (Å²) in [6.07, 6.45) is 0.668. The highest BCUT2D eigenvalue weighted by Gasteiger charge is 2.19. The third kappa shape index (κ3) is 5.45. The fourth-order valence-electron chi connectivity index (χ4n) is 2.51. The molecule has 0 aliphatic carbocycles. The van der Waals surface area contributed by atoms with Crippen molar-refractivity contribution >= 4 is 21.6 Å². The van der Waals surface area contributed by atoms with Crippen molar-refractivity contribution in [3.05, 3.63) is 53.6 Å². The molecule has 0 aromatic heterocycles. The molecule has 8 heteroatoms. The SMILES string of the molecule is COCCCNC(=O)c1ccccc1NS(=O)(=O)c1ccc(OC)c(C)c1. The van der Waals surface area contributed by atoms with E-state index in [1.807, 2.05) is 0 Å². The molecule has 0 saturated carbocycles. The summed E-state index contributed by atoms with van der Waals surface area (Å²) in [6.45, 7) is 2.73. The molecule has 7 nitrogen and oxygen atoms in total. The summed E-state index contributed by atoms with van der Waals surface area (Å²) in [5.41, 5.74) is 1.17. The molecule has 0 aliphatic rings. The molecule has 2 rings (SSSR count). The van der Waals surface area contributed by atoms with Gasteiger partial charge in [0.15, 0.2) is 0 Å². The maximum atomic E-state index is 12.7. The number of hydrogen-bond donors (Lipinski definition) is 2. The molecule has 146 valence electrons. The van der Waals surface area contributed by atoms with Gasteiger partial charge in [-0.05, 0) is 49.2 Å². The number of methoxy groups -OCH3 is 2. The van der Waals surface area contributed by atoms with Crippen LogP contribution in [0.5, 0.6) is 5.75 Å². The summed E-state index contributed by atoms with van der Waals surface area (Å²) in [5, 5.41) is 2.75. The summed E-state index contributed by atoms with van der Waals surface area (Å²) in [4.78, 5) is 12.5. The second-order valence-corrected chi connectivity index (χ2v) is 7.57. The zero-order valence-corrected chi connectivity index (χ0v) is 16.4. The molecule has 2 aromatic carbocycles. The zero-order valence-electron chi connectivity index (χ0n) is 15.6. The van der Waals surface area contributed by atoms with Crippen LogP contribution in [0.2, 0.25) is 0 Å². The van der Waals surface area contributed by atoms with Crippen molar-refractivity contribution in [2.75, 3.05) is 32.1 Å². The molecule has 0 radical (unpaired) electrons. The van der Waals surface area contributed by atoms with E-state index in [0.29, 0.717) is 30.9 Å². The van der Waals surface area contributed by atoms with E-state index in [4.69, 9.17) is 9.47 Å². The first-order chi connectivity index (χ1) is 12.9. The number of rotatable bonds is 9. The van der Waals surface area contributed by atoms with Crippen LogP contribution in [0.15, 0.2) is 47.4 Å². The minimum Gasteiger partial charge on any atom is -0.496 e. The van der Waals surface area contributed by atoms with Gasteiger partial charge in [-0.1, -0.05) is 12.1 Å². The van der Waals surface area contributed by atoms with E-state index >= 15 is 0 Å². The topological polar surface area (TPSA) is 93.7 Å². The molecule has 0 spiro atoms. The lowest BCUT2D eigenvalue weighted by Gasteiger charge is -2.14. The molecule has 0 atom stereocenters. The predicted octanol–water partition coefficient (Wildman–Crippen LogP) is 2.57. The third-order valence-electron chi connectivity index (χ3n) is 3.90. The molecule has 0 aliphatic heterocycles. The Kier molecular flexibility index (Phi) is 7.20. The quantitative estimate of drug-likeness (QED) is 0.640. The van der Waals surface area contributed by atoms with Gasteiger partial charge in [-0.2, -0.15) is 0 Å². The van der Waals surface area contributed by atoms with E-state index < -0.39 is 10.0 Å². The van der Waals surface area contributed by atoms with Gasteiger partial charge in [-0.3, -0.25) is 9.52 Å². The molecule has 2 aromatic rings. The average molecular weight is 392 g/mol. The molecule has 27 heavy (non-hydrogen) atoms. The second-order valence-electron chi connectivity index (χ2n) is 5.88. The van der Waals surface area contributed by atoms with Crippen LogP contribution in [0.3, 0.4) is 0 Å². The molecule has 0 saturated heterocycles. The monoisotopic (exact) mass is 392 g/mol. The lowest BCUT2D eigenvalue weighted by atomic mass is 10.1. The van der Waals surface area contributed by atoms with E-state index in [1.165, 1.54) is 19.2 Å². The van der Waals surface area contributed by atoms with Crippen molar-refractivity contribution in [3.8, 4) is 5.75 Å². The Balaban J connectivity index is 2.21. The van der Waals surface area contributed by atoms with Gasteiger partial charge in [-0.25, -0.2) is 8.42 Å². The van der Waals surface area contributed by atoms with Crippen LogP contribution < -0.4 is 14.8 Å². The molecule has 2 N–H and O–H groups in total. The van der Waals surface area contributed by atoms with Gasteiger partial charge in [0.1, 0.15) is 5.75 Å². The number of amides is 1. The van der Waals surface area contributed by atoms with Crippen molar-refractivity contribution in [2.24, 2.45) is 0 Å². The van der Waals surface area contributed by atoms with Crippen molar-refractivity contribution in [1.82, 2.24) is 5.32 Å². The highest BCUT2D eigenvalue weighted by atomic mass is 32.2. The Hall–Kier alpha value is -2.58. The van der Waals surface area contributed by atoms with Crippen molar-refractivity contribution in [3.63, 3.8) is 0 Å². The summed E-state index contributed by atoms with van der Waals surface area (Å²) >= 11 is 0. The van der Waals surface area contributed by atoms with Crippen LogP contribution in [0.4, 0.5) is 5.69 Å². The fourth-order valence-corrected chi connectivity index (χ4v) is 3.67. The number of nitrogens with one attached hydrogen (secondary N) is 2. The molecule has 0 bridgehead atoms. The van der Waals surface area contributed by atoms with E-state index in [2.05, 4.69) is 10.0 Å². The fraction of sp³-hybridized carbons (Fsp3) is 0.316. The Morgan fingerprint density at radius 2 is 1.85 bits per heavy atom. The average Bonchev–Trinajstić information content (AvgIpc) is 2.65. The van der Waals surface area contributed by atoms with Crippen LogP contribution in [0, 0.1) is 6.92 Å². The summed E-state index contributed by atoms with van der Waals surface area (Å²) in [6, 6.07) is 11.0. The molecule has 0 heterocycles. The van der Waals surface area contributed by atoms with Crippen LogP contribution in [-0.2, 0) is 14.8 Å². The molecule has 0 fully saturated rings. The van der Waals surface area contributed by atoms with Gasteiger partial charge in [0.2, 0.25) is 0 Å². The number of anilines is 1. The summed E-state index contributed by atoms with van der Waals surface area (Å²) in [5.74, 6) is 0.250. The van der Waals surface area contributed by atoms with Crippen LogP contribution in [0.25, 0.3) is 0 Å². The lowest BCUT2D eigenvalue weighted by molar-refractivity contribution is 0.0949. The van der Waals surface area contributed by atoms with E-state index in [1.54, 1.807) is 44.4 Å². The molecular weight excluding hydrogens is 368 g/mol. The van der Waals surface area contributed by atoms with Gasteiger partial charge in [0.05, 0.1) is 23.3 Å². The van der Waals surface area contributed by atoms with Gasteiger partial charge >= 0.3 is 0 Å². The normalized spacial score (nSPS) is 11.1. The minimum absolute atomic E-state index is 0.0936. The number of hydrogen-bond acceptors (Lipinski definition) is 5. The minimum atomic E-state index is -3.85. The molecule has 1 amide bonds. The van der Waals surface area contributed by atoms with Gasteiger partial charge < -0.3 is 14.8 Å². The van der Waals surface area contributed by atoms with E-state index in [9.17, 15) is 13.2 Å². The molecule has 0 unspecified atom stereocenters. The first kappa shape index (κ1) is 20.7. The number of para-hydroxylation sites is 1. The number of benzene rings is 2. The smallest absolute Gasteiger partial charge is 0.261 e. The third-order valence-corrected chi connectivity index (χ3v) is 5.27. The Morgan fingerprint density at radius 3 is 2.52 bits per heavy atom. The zero-order chi connectivity index (χ0) is 19.9. The largest absolute Gasteiger partial charge is 0.496 e. The second kappa shape index (κ2) is 9.38. The Labute approximate surface area is 159 Å². The Morgan fingerprint density at radius 1 is 1.11 bits per heavy atom. The number of ether oxygens (including phenoxy) is 2. The van der Waals surface area contributed by atoms with Crippen molar-refractivity contribution in [1.29, 1.82) is 0 Å². The van der Waals surface area contributed by atoms with Gasteiger partial charge in [-0.15, -0.1) is 0 Å². The highest BCUT2D eigenvalue weighted by molar-refractivity contribution is 7.92. The van der Waals surface area contributed by atoms with Crippen LogP contribution >= 0.6 is 0 Å². The maximum Gasteiger partial charge on any atom is 0.261 e. The Bertz CT molecular complexity index is 897. The predicted molar refractivity (Wildman–Crippen MR) is 104 cm³/mol. The summed E-state index contributed by atoms with van der Waals surface area (Å²) < 4.78 is 38.1. The van der Waals surface area contributed by atoms with Crippen molar-refractivity contribution in [2.45, 2.75) is 18.2 Å². The highest BCUT2D eigenvalue weighted by Crippen LogP contribution is 2.24.